The van der Waals surface area contributed by atoms with Crippen LogP contribution in [0.1, 0.15) is 41.3 Å². The van der Waals surface area contributed by atoms with E-state index in [2.05, 4.69) is 5.32 Å². The minimum absolute atomic E-state index is 0.154. The lowest BCUT2D eigenvalue weighted by Crippen LogP contribution is -2.11. The fraction of sp³-hybridized carbons (Fsp3) is 0.353. The second-order valence-electron chi connectivity index (χ2n) is 4.94. The number of furan rings is 1. The highest BCUT2D eigenvalue weighted by atomic mass is 16.5. The highest BCUT2D eigenvalue weighted by Gasteiger charge is 2.14. The molecule has 1 aromatic heterocycles. The molecule has 2 N–H and O–H groups in total. The first-order valence-corrected chi connectivity index (χ1v) is 7.36. The van der Waals surface area contributed by atoms with E-state index in [9.17, 15) is 9.90 Å². The first-order valence-electron chi connectivity index (χ1n) is 7.36. The summed E-state index contributed by atoms with van der Waals surface area (Å²) in [6.07, 6.45) is 0.747. The van der Waals surface area contributed by atoms with Crippen LogP contribution in [0.4, 0.5) is 5.69 Å². The van der Waals surface area contributed by atoms with E-state index >= 15 is 0 Å². The Morgan fingerprint density at radius 1 is 1.32 bits per heavy atom. The number of aliphatic hydroxyl groups excluding tert-OH is 1. The predicted molar refractivity (Wildman–Crippen MR) is 84.3 cm³/mol. The van der Waals surface area contributed by atoms with Gasteiger partial charge in [-0.05, 0) is 43.7 Å². The molecule has 0 bridgehead atoms. The van der Waals surface area contributed by atoms with E-state index in [0.29, 0.717) is 23.6 Å². The van der Waals surface area contributed by atoms with Crippen molar-refractivity contribution in [2.75, 3.05) is 11.9 Å². The summed E-state index contributed by atoms with van der Waals surface area (Å²) in [6, 6.07) is 6.89. The number of amides is 1. The molecule has 0 aliphatic heterocycles. The number of rotatable bonds is 6. The average molecular weight is 303 g/mol. The second kappa shape index (κ2) is 7.13. The van der Waals surface area contributed by atoms with Crippen LogP contribution >= 0.6 is 0 Å². The first kappa shape index (κ1) is 16.1. The number of hydrogen-bond donors (Lipinski definition) is 2. The van der Waals surface area contributed by atoms with E-state index in [0.717, 1.165) is 17.7 Å². The molecule has 0 fully saturated rings. The van der Waals surface area contributed by atoms with Gasteiger partial charge in [-0.1, -0.05) is 6.92 Å². The Bertz CT molecular complexity index is 661. The molecule has 1 aromatic carbocycles. The van der Waals surface area contributed by atoms with Gasteiger partial charge in [0.05, 0.1) is 13.2 Å². The van der Waals surface area contributed by atoms with Crippen LogP contribution in [0.15, 0.2) is 28.7 Å². The molecule has 2 aromatic rings. The van der Waals surface area contributed by atoms with Crippen LogP contribution in [0.5, 0.6) is 5.75 Å². The highest BCUT2D eigenvalue weighted by Crippen LogP contribution is 2.24. The fourth-order valence-corrected chi connectivity index (χ4v) is 2.25. The number of ether oxygens (including phenoxy) is 1. The van der Waals surface area contributed by atoms with Gasteiger partial charge < -0.3 is 19.6 Å². The Labute approximate surface area is 129 Å². The normalized spacial score (nSPS) is 10.5. The van der Waals surface area contributed by atoms with Gasteiger partial charge in [-0.3, -0.25) is 4.79 Å². The monoisotopic (exact) mass is 303 g/mol. The SMILES string of the molecule is CCOc1ccc(NC(=O)c2cc(C)c(CC)o2)cc1CO. The Morgan fingerprint density at radius 2 is 2.09 bits per heavy atom. The van der Waals surface area contributed by atoms with Crippen molar-refractivity contribution in [1.29, 1.82) is 0 Å². The lowest BCUT2D eigenvalue weighted by atomic mass is 10.2. The van der Waals surface area contributed by atoms with Gasteiger partial charge >= 0.3 is 0 Å². The van der Waals surface area contributed by atoms with Crippen molar-refractivity contribution in [2.24, 2.45) is 0 Å². The standard InChI is InChI=1S/C17H21NO4/c1-4-14-11(3)8-16(22-14)17(20)18-13-6-7-15(21-5-2)12(9-13)10-19/h6-9,19H,4-5,10H2,1-3H3,(H,18,20). The molecule has 0 spiro atoms. The number of nitrogens with one attached hydrogen (secondary N) is 1. The quantitative estimate of drug-likeness (QED) is 0.859. The van der Waals surface area contributed by atoms with E-state index in [1.54, 1.807) is 24.3 Å². The Balaban J connectivity index is 2.17. The van der Waals surface area contributed by atoms with Crippen molar-refractivity contribution in [3.8, 4) is 5.75 Å². The van der Waals surface area contributed by atoms with Crippen LogP contribution in [0.2, 0.25) is 0 Å². The molecular weight excluding hydrogens is 282 g/mol. The number of aliphatic hydroxyl groups is 1. The van der Waals surface area contributed by atoms with E-state index in [4.69, 9.17) is 9.15 Å². The molecule has 0 radical (unpaired) electrons. The number of hydrogen-bond acceptors (Lipinski definition) is 4. The third-order valence-corrected chi connectivity index (χ3v) is 3.35. The average Bonchev–Trinajstić information content (AvgIpc) is 2.90. The summed E-state index contributed by atoms with van der Waals surface area (Å²) in [7, 11) is 0. The van der Waals surface area contributed by atoms with Gasteiger partial charge in [0.1, 0.15) is 11.5 Å². The summed E-state index contributed by atoms with van der Waals surface area (Å²) < 4.78 is 10.9. The van der Waals surface area contributed by atoms with Gasteiger partial charge in [-0.25, -0.2) is 0 Å². The summed E-state index contributed by atoms with van der Waals surface area (Å²) in [5, 5.41) is 12.1. The lowest BCUT2D eigenvalue weighted by molar-refractivity contribution is 0.0995. The maximum absolute atomic E-state index is 12.2. The largest absolute Gasteiger partial charge is 0.494 e. The first-order chi connectivity index (χ1) is 10.6. The van der Waals surface area contributed by atoms with Crippen LogP contribution < -0.4 is 10.1 Å². The number of benzene rings is 1. The van der Waals surface area contributed by atoms with Crippen LogP contribution in [-0.4, -0.2) is 17.6 Å². The molecule has 118 valence electrons. The molecule has 0 aliphatic carbocycles. The molecule has 1 amide bonds. The minimum atomic E-state index is -0.309. The second-order valence-corrected chi connectivity index (χ2v) is 4.94. The zero-order valence-corrected chi connectivity index (χ0v) is 13.1. The van der Waals surface area contributed by atoms with Crippen LogP contribution in [-0.2, 0) is 13.0 Å². The Kier molecular flexibility index (Phi) is 5.22. The van der Waals surface area contributed by atoms with Crippen molar-refractivity contribution in [3.63, 3.8) is 0 Å². The maximum Gasteiger partial charge on any atom is 0.291 e. The zero-order valence-electron chi connectivity index (χ0n) is 13.1. The van der Waals surface area contributed by atoms with Gasteiger partial charge in [-0.15, -0.1) is 0 Å². The van der Waals surface area contributed by atoms with Crippen molar-refractivity contribution in [1.82, 2.24) is 0 Å². The van der Waals surface area contributed by atoms with Crippen molar-refractivity contribution in [3.05, 3.63) is 46.9 Å². The molecule has 5 nitrogen and oxygen atoms in total. The van der Waals surface area contributed by atoms with Gasteiger partial charge in [0.15, 0.2) is 5.76 Å². The molecule has 0 atom stereocenters. The third-order valence-electron chi connectivity index (χ3n) is 3.35. The Morgan fingerprint density at radius 3 is 2.68 bits per heavy atom. The van der Waals surface area contributed by atoms with Crippen molar-refractivity contribution >= 4 is 11.6 Å². The van der Waals surface area contributed by atoms with Crippen LogP contribution in [0.3, 0.4) is 0 Å². The van der Waals surface area contributed by atoms with E-state index in [-0.39, 0.29) is 18.3 Å². The summed E-state index contributed by atoms with van der Waals surface area (Å²) in [6.45, 7) is 6.14. The lowest BCUT2D eigenvalue weighted by Gasteiger charge is -2.10. The number of carbonyl (C=O) groups excluding carboxylic acids is 1. The van der Waals surface area contributed by atoms with Gasteiger partial charge in [0.25, 0.3) is 5.91 Å². The maximum atomic E-state index is 12.2. The fourth-order valence-electron chi connectivity index (χ4n) is 2.25. The number of anilines is 1. The van der Waals surface area contributed by atoms with Gasteiger partial charge in [-0.2, -0.15) is 0 Å². The van der Waals surface area contributed by atoms with Crippen LogP contribution in [0, 0.1) is 6.92 Å². The molecule has 0 saturated heterocycles. The topological polar surface area (TPSA) is 71.7 Å². The van der Waals surface area contributed by atoms with Gasteiger partial charge in [0.2, 0.25) is 0 Å². The molecule has 5 heteroatoms. The molecule has 22 heavy (non-hydrogen) atoms. The number of aryl methyl sites for hydroxylation is 2. The van der Waals surface area contributed by atoms with Gasteiger partial charge in [0, 0.05) is 17.7 Å². The van der Waals surface area contributed by atoms with E-state index in [1.165, 1.54) is 0 Å². The smallest absolute Gasteiger partial charge is 0.291 e. The summed E-state index contributed by atoms with van der Waals surface area (Å²) in [5.74, 6) is 1.41. The summed E-state index contributed by atoms with van der Waals surface area (Å²) in [4.78, 5) is 12.2. The molecule has 0 saturated carbocycles. The minimum Gasteiger partial charge on any atom is -0.494 e. The Hall–Kier alpha value is -2.27. The van der Waals surface area contributed by atoms with Crippen molar-refractivity contribution in [2.45, 2.75) is 33.8 Å². The third kappa shape index (κ3) is 3.49. The van der Waals surface area contributed by atoms with Crippen molar-refractivity contribution < 1.29 is 19.1 Å². The van der Waals surface area contributed by atoms with E-state index in [1.807, 2.05) is 20.8 Å². The molecule has 0 aliphatic rings. The molecular formula is C17H21NO4. The zero-order chi connectivity index (χ0) is 16.1. The van der Waals surface area contributed by atoms with E-state index < -0.39 is 0 Å². The number of carbonyl (C=O) groups is 1. The van der Waals surface area contributed by atoms with Crippen LogP contribution in [0.25, 0.3) is 0 Å². The summed E-state index contributed by atoms with van der Waals surface area (Å²) >= 11 is 0. The molecule has 2 rings (SSSR count). The predicted octanol–water partition coefficient (Wildman–Crippen LogP) is 3.29. The molecule has 1 heterocycles. The summed E-state index contributed by atoms with van der Waals surface area (Å²) in [5.41, 5.74) is 2.18. The highest BCUT2D eigenvalue weighted by molar-refractivity contribution is 6.02. The molecule has 0 unspecified atom stereocenters.